The topological polar surface area (TPSA) is 36.7 Å². The van der Waals surface area contributed by atoms with E-state index in [4.69, 9.17) is 5.26 Å². The molecule has 0 saturated carbocycles. The number of hydrogen-bond acceptors (Lipinski definition) is 3. The predicted octanol–water partition coefficient (Wildman–Crippen LogP) is 3.03. The lowest BCUT2D eigenvalue weighted by Crippen LogP contribution is -1.90. The second-order valence-electron chi connectivity index (χ2n) is 3.36. The Morgan fingerprint density at radius 1 is 1.54 bits per heavy atom. The maximum absolute atomic E-state index is 8.44. The number of rotatable bonds is 3. The molecule has 0 fully saturated rings. The summed E-state index contributed by atoms with van der Waals surface area (Å²) in [6, 6.07) is 2.14. The van der Waals surface area contributed by atoms with Crippen LogP contribution in [0.3, 0.4) is 0 Å². The van der Waals surface area contributed by atoms with Crippen LogP contribution >= 0.6 is 11.3 Å². The fourth-order valence-corrected chi connectivity index (χ4v) is 2.36. The van der Waals surface area contributed by atoms with Crippen LogP contribution in [-0.2, 0) is 6.42 Å². The molecule has 0 radical (unpaired) electrons. The van der Waals surface area contributed by atoms with Crippen molar-refractivity contribution >= 4 is 11.3 Å². The molecule has 0 saturated heterocycles. The Bertz CT molecular complexity index is 320. The Hall–Kier alpha value is -0.880. The highest BCUT2D eigenvalue weighted by Crippen LogP contribution is 2.24. The highest BCUT2D eigenvalue weighted by atomic mass is 32.1. The Morgan fingerprint density at radius 3 is 2.69 bits per heavy atom. The SMILES string of the molecule is Cc1sc(CCC#N)nc1C(C)C. The summed E-state index contributed by atoms with van der Waals surface area (Å²) in [6.45, 7) is 6.40. The quantitative estimate of drug-likeness (QED) is 0.741. The molecule has 1 heterocycles. The molecule has 70 valence electrons. The average molecular weight is 194 g/mol. The molecule has 0 unspecified atom stereocenters. The molecule has 0 aromatic carbocycles. The van der Waals surface area contributed by atoms with Crippen LogP contribution in [0.15, 0.2) is 0 Å². The summed E-state index contributed by atoms with van der Waals surface area (Å²) in [4.78, 5) is 5.81. The summed E-state index contributed by atoms with van der Waals surface area (Å²) in [6.07, 6.45) is 1.37. The van der Waals surface area contributed by atoms with Crippen molar-refractivity contribution in [2.75, 3.05) is 0 Å². The van der Waals surface area contributed by atoms with Crippen molar-refractivity contribution in [3.8, 4) is 6.07 Å². The maximum Gasteiger partial charge on any atom is 0.0941 e. The second-order valence-corrected chi connectivity index (χ2v) is 4.65. The molecule has 0 bridgehead atoms. The molecule has 0 aliphatic heterocycles. The normalized spacial score (nSPS) is 10.4. The number of aryl methyl sites for hydroxylation is 2. The van der Waals surface area contributed by atoms with Crippen molar-refractivity contribution in [2.45, 2.75) is 39.5 Å². The fraction of sp³-hybridized carbons (Fsp3) is 0.600. The van der Waals surface area contributed by atoms with Crippen molar-refractivity contribution in [2.24, 2.45) is 0 Å². The van der Waals surface area contributed by atoms with Crippen LogP contribution in [0.4, 0.5) is 0 Å². The van der Waals surface area contributed by atoms with E-state index >= 15 is 0 Å². The summed E-state index contributed by atoms with van der Waals surface area (Å²) in [5.74, 6) is 0.493. The molecule has 2 nitrogen and oxygen atoms in total. The van der Waals surface area contributed by atoms with Gasteiger partial charge in [0.15, 0.2) is 0 Å². The van der Waals surface area contributed by atoms with Gasteiger partial charge in [0.1, 0.15) is 0 Å². The Balaban J connectivity index is 2.78. The average Bonchev–Trinajstić information content (AvgIpc) is 2.43. The molecule has 0 atom stereocenters. The van der Waals surface area contributed by atoms with E-state index in [1.54, 1.807) is 11.3 Å². The van der Waals surface area contributed by atoms with Gasteiger partial charge in [-0.1, -0.05) is 13.8 Å². The monoisotopic (exact) mass is 194 g/mol. The van der Waals surface area contributed by atoms with Crippen molar-refractivity contribution in [1.82, 2.24) is 4.98 Å². The molecular formula is C10H14N2S. The van der Waals surface area contributed by atoms with Gasteiger partial charge in [0.25, 0.3) is 0 Å². The first-order valence-electron chi connectivity index (χ1n) is 4.48. The third-order valence-corrected chi connectivity index (χ3v) is 2.92. The van der Waals surface area contributed by atoms with Gasteiger partial charge in [-0.3, -0.25) is 0 Å². The van der Waals surface area contributed by atoms with Gasteiger partial charge in [0.2, 0.25) is 0 Å². The molecule has 1 aromatic rings. The van der Waals surface area contributed by atoms with Gasteiger partial charge in [-0.15, -0.1) is 11.3 Å². The minimum absolute atomic E-state index is 0.493. The molecule has 3 heteroatoms. The van der Waals surface area contributed by atoms with Crippen molar-refractivity contribution < 1.29 is 0 Å². The van der Waals surface area contributed by atoms with Crippen LogP contribution in [0.5, 0.6) is 0 Å². The van der Waals surface area contributed by atoms with Gasteiger partial charge in [-0.2, -0.15) is 5.26 Å². The van der Waals surface area contributed by atoms with Crippen LogP contribution in [0, 0.1) is 18.3 Å². The molecule has 1 aromatic heterocycles. The van der Waals surface area contributed by atoms with Crippen LogP contribution in [0.25, 0.3) is 0 Å². The Morgan fingerprint density at radius 2 is 2.23 bits per heavy atom. The Kier molecular flexibility index (Phi) is 3.44. The van der Waals surface area contributed by atoms with E-state index in [0.717, 1.165) is 11.4 Å². The first kappa shape index (κ1) is 10.2. The van der Waals surface area contributed by atoms with E-state index in [0.29, 0.717) is 12.3 Å². The van der Waals surface area contributed by atoms with Gasteiger partial charge in [-0.05, 0) is 12.8 Å². The van der Waals surface area contributed by atoms with Crippen molar-refractivity contribution in [3.63, 3.8) is 0 Å². The summed E-state index contributed by atoms with van der Waals surface area (Å²) < 4.78 is 0. The van der Waals surface area contributed by atoms with Gasteiger partial charge in [0.05, 0.1) is 16.8 Å². The van der Waals surface area contributed by atoms with Gasteiger partial charge in [0, 0.05) is 17.7 Å². The third kappa shape index (κ3) is 2.53. The van der Waals surface area contributed by atoms with Crippen molar-refractivity contribution in [1.29, 1.82) is 5.26 Å². The summed E-state index contributed by atoms with van der Waals surface area (Å²) in [7, 11) is 0. The molecule has 13 heavy (non-hydrogen) atoms. The second kappa shape index (κ2) is 4.38. The molecule has 0 aliphatic rings. The van der Waals surface area contributed by atoms with E-state index in [1.165, 1.54) is 10.6 Å². The van der Waals surface area contributed by atoms with E-state index < -0.39 is 0 Å². The first-order chi connectivity index (χ1) is 6.15. The zero-order chi connectivity index (χ0) is 9.84. The smallest absolute Gasteiger partial charge is 0.0941 e. The molecular weight excluding hydrogens is 180 g/mol. The van der Waals surface area contributed by atoms with Crippen LogP contribution in [0.2, 0.25) is 0 Å². The highest BCUT2D eigenvalue weighted by Gasteiger charge is 2.09. The Labute approximate surface area is 83.2 Å². The van der Waals surface area contributed by atoms with Gasteiger partial charge < -0.3 is 0 Å². The number of thiazole rings is 1. The predicted molar refractivity (Wildman–Crippen MR) is 54.9 cm³/mol. The zero-order valence-electron chi connectivity index (χ0n) is 8.29. The number of nitriles is 1. The van der Waals surface area contributed by atoms with Gasteiger partial charge >= 0.3 is 0 Å². The maximum atomic E-state index is 8.44. The molecule has 0 aliphatic carbocycles. The minimum atomic E-state index is 0.493. The fourth-order valence-electron chi connectivity index (χ4n) is 1.27. The van der Waals surface area contributed by atoms with E-state index in [9.17, 15) is 0 Å². The largest absolute Gasteiger partial charge is 0.246 e. The zero-order valence-corrected chi connectivity index (χ0v) is 9.11. The summed E-state index contributed by atoms with van der Waals surface area (Å²) >= 11 is 1.72. The van der Waals surface area contributed by atoms with E-state index in [1.807, 2.05) is 0 Å². The lowest BCUT2D eigenvalue weighted by molar-refractivity contribution is 0.812. The standard InChI is InChI=1S/C10H14N2S/c1-7(2)10-8(3)13-9(12-10)5-4-6-11/h7H,4-5H2,1-3H3. The highest BCUT2D eigenvalue weighted by molar-refractivity contribution is 7.11. The van der Waals surface area contributed by atoms with Crippen molar-refractivity contribution in [3.05, 3.63) is 15.6 Å². The lowest BCUT2D eigenvalue weighted by atomic mass is 10.1. The van der Waals surface area contributed by atoms with Crippen LogP contribution in [0.1, 0.15) is 41.8 Å². The molecule has 1 rings (SSSR count). The van der Waals surface area contributed by atoms with E-state index in [-0.39, 0.29) is 0 Å². The third-order valence-electron chi connectivity index (χ3n) is 1.87. The number of aromatic nitrogens is 1. The van der Waals surface area contributed by atoms with E-state index in [2.05, 4.69) is 31.8 Å². The number of nitrogens with zero attached hydrogens (tertiary/aromatic N) is 2. The lowest BCUT2D eigenvalue weighted by Gasteiger charge is -1.99. The summed E-state index contributed by atoms with van der Waals surface area (Å²) in [5.41, 5.74) is 1.19. The molecule has 0 spiro atoms. The van der Waals surface area contributed by atoms with Crippen LogP contribution in [-0.4, -0.2) is 4.98 Å². The van der Waals surface area contributed by atoms with Gasteiger partial charge in [-0.25, -0.2) is 4.98 Å². The first-order valence-corrected chi connectivity index (χ1v) is 5.30. The number of hydrogen-bond donors (Lipinski definition) is 0. The van der Waals surface area contributed by atoms with Crippen LogP contribution < -0.4 is 0 Å². The molecule has 0 N–H and O–H groups in total. The minimum Gasteiger partial charge on any atom is -0.246 e. The summed E-state index contributed by atoms with van der Waals surface area (Å²) in [5, 5.41) is 9.54. The molecule has 0 amide bonds.